The Labute approximate surface area is 150 Å². The predicted octanol–water partition coefficient (Wildman–Crippen LogP) is 2.91. The number of carbonyl (C=O) groups is 3. The Balaban J connectivity index is 2.10. The molecule has 6 nitrogen and oxygen atoms in total. The second-order valence-corrected chi connectivity index (χ2v) is 5.92. The number of hydrogen-bond acceptors (Lipinski definition) is 5. The summed E-state index contributed by atoms with van der Waals surface area (Å²) in [6.45, 7) is 4.71. The number of H-pyrrole nitrogens is 1. The molecule has 0 spiro atoms. The lowest BCUT2D eigenvalue weighted by molar-refractivity contribution is -0.145. The van der Waals surface area contributed by atoms with Crippen LogP contribution in [0.3, 0.4) is 0 Å². The second kappa shape index (κ2) is 7.95. The van der Waals surface area contributed by atoms with Gasteiger partial charge in [0.1, 0.15) is 5.82 Å². The molecule has 0 amide bonds. The van der Waals surface area contributed by atoms with Gasteiger partial charge in [-0.05, 0) is 44.0 Å². The van der Waals surface area contributed by atoms with Crippen LogP contribution in [0.5, 0.6) is 0 Å². The molecule has 0 aliphatic heterocycles. The number of carbonyl (C=O) groups excluding carboxylic acids is 3. The Kier molecular flexibility index (Phi) is 5.92. The topological polar surface area (TPSA) is 85.5 Å². The Hall–Kier alpha value is -2.96. The van der Waals surface area contributed by atoms with Crippen molar-refractivity contribution >= 4 is 17.7 Å². The van der Waals surface area contributed by atoms with Gasteiger partial charge in [-0.1, -0.05) is 12.1 Å². The van der Waals surface area contributed by atoms with Crippen LogP contribution >= 0.6 is 0 Å². The number of ether oxygens (including phenoxy) is 2. The van der Waals surface area contributed by atoms with Gasteiger partial charge in [-0.3, -0.25) is 9.59 Å². The van der Waals surface area contributed by atoms with Crippen LogP contribution < -0.4 is 0 Å². The Morgan fingerprint density at radius 1 is 1.23 bits per heavy atom. The number of halogens is 1. The molecular formula is C19H20FNO5. The number of nitrogens with one attached hydrogen (secondary N) is 1. The molecule has 2 rings (SSSR count). The summed E-state index contributed by atoms with van der Waals surface area (Å²) in [4.78, 5) is 39.2. The lowest BCUT2D eigenvalue weighted by atomic mass is 10.1. The molecule has 26 heavy (non-hydrogen) atoms. The van der Waals surface area contributed by atoms with Gasteiger partial charge in [0.25, 0.3) is 0 Å². The molecular weight excluding hydrogens is 341 g/mol. The highest BCUT2D eigenvalue weighted by Gasteiger charge is 2.27. The first-order valence-electron chi connectivity index (χ1n) is 8.00. The first kappa shape index (κ1) is 19.4. The van der Waals surface area contributed by atoms with Gasteiger partial charge in [-0.25, -0.2) is 9.18 Å². The fourth-order valence-corrected chi connectivity index (χ4v) is 2.71. The van der Waals surface area contributed by atoms with Crippen molar-refractivity contribution in [3.63, 3.8) is 0 Å². The van der Waals surface area contributed by atoms with Crippen molar-refractivity contribution in [2.45, 2.75) is 33.3 Å². The van der Waals surface area contributed by atoms with Crippen LogP contribution in [0.25, 0.3) is 0 Å². The molecule has 1 aromatic carbocycles. The minimum absolute atomic E-state index is 0.147. The largest absolute Gasteiger partial charge is 0.465 e. The third-order valence-corrected chi connectivity index (χ3v) is 3.99. The van der Waals surface area contributed by atoms with Crippen molar-refractivity contribution in [2.75, 3.05) is 7.11 Å². The van der Waals surface area contributed by atoms with E-state index in [0.29, 0.717) is 16.8 Å². The number of benzene rings is 1. The number of esters is 2. The zero-order valence-electron chi connectivity index (χ0n) is 15.0. The van der Waals surface area contributed by atoms with E-state index >= 15 is 0 Å². The van der Waals surface area contributed by atoms with E-state index in [2.05, 4.69) is 4.98 Å². The van der Waals surface area contributed by atoms with Gasteiger partial charge in [0.05, 0.1) is 24.8 Å². The van der Waals surface area contributed by atoms with Crippen LogP contribution in [0.4, 0.5) is 4.39 Å². The first-order chi connectivity index (χ1) is 12.2. The number of hydrogen-bond donors (Lipinski definition) is 1. The van der Waals surface area contributed by atoms with Crippen LogP contribution in [-0.2, 0) is 20.7 Å². The van der Waals surface area contributed by atoms with Gasteiger partial charge in [-0.2, -0.15) is 0 Å². The number of ketones is 1. The fourth-order valence-electron chi connectivity index (χ4n) is 2.71. The maximum atomic E-state index is 13.2. The quantitative estimate of drug-likeness (QED) is 0.632. The zero-order chi connectivity index (χ0) is 19.4. The SMILES string of the molecule is COC(=O)c1c(C)[nH]c(C(=O)[C@@H](C)OC(=O)Cc2cccc(F)c2)c1C. The smallest absolute Gasteiger partial charge is 0.339 e. The average molecular weight is 361 g/mol. The Bertz CT molecular complexity index is 856. The standard InChI is InChI=1S/C19H20FNO5/c1-10-16(19(24)25-4)11(2)21-17(10)18(23)12(3)26-15(22)9-13-6-5-7-14(20)8-13/h5-8,12,21H,9H2,1-4H3/t12-/m1/s1. The van der Waals surface area contributed by atoms with E-state index in [4.69, 9.17) is 9.47 Å². The highest BCUT2D eigenvalue weighted by molar-refractivity contribution is 6.04. The van der Waals surface area contributed by atoms with E-state index in [0.717, 1.165) is 0 Å². The molecule has 0 unspecified atom stereocenters. The minimum Gasteiger partial charge on any atom is -0.465 e. The fraction of sp³-hybridized carbons (Fsp3) is 0.316. The lowest BCUT2D eigenvalue weighted by Gasteiger charge is -2.12. The van der Waals surface area contributed by atoms with Crippen LogP contribution in [0.1, 0.15) is 44.6 Å². The van der Waals surface area contributed by atoms with Gasteiger partial charge in [0.2, 0.25) is 5.78 Å². The van der Waals surface area contributed by atoms with Gasteiger partial charge < -0.3 is 14.5 Å². The van der Waals surface area contributed by atoms with Crippen molar-refractivity contribution in [3.8, 4) is 0 Å². The Morgan fingerprint density at radius 2 is 1.92 bits per heavy atom. The molecule has 2 aromatic rings. The van der Waals surface area contributed by atoms with Crippen molar-refractivity contribution in [1.29, 1.82) is 0 Å². The molecule has 0 aliphatic rings. The molecule has 1 atom stereocenters. The van der Waals surface area contributed by atoms with Crippen LogP contribution in [0.15, 0.2) is 24.3 Å². The highest BCUT2D eigenvalue weighted by Crippen LogP contribution is 2.21. The molecule has 0 saturated carbocycles. The molecule has 0 fully saturated rings. The summed E-state index contributed by atoms with van der Waals surface area (Å²) >= 11 is 0. The number of methoxy groups -OCH3 is 1. The van der Waals surface area contributed by atoms with Gasteiger partial charge in [0.15, 0.2) is 6.10 Å². The molecule has 1 aromatic heterocycles. The van der Waals surface area contributed by atoms with Gasteiger partial charge in [-0.15, -0.1) is 0 Å². The summed E-state index contributed by atoms with van der Waals surface area (Å²) in [5.41, 5.74) is 1.86. The van der Waals surface area contributed by atoms with Crippen molar-refractivity contribution in [2.24, 2.45) is 0 Å². The van der Waals surface area contributed by atoms with E-state index in [9.17, 15) is 18.8 Å². The minimum atomic E-state index is -1.06. The van der Waals surface area contributed by atoms with Gasteiger partial charge >= 0.3 is 11.9 Å². The summed E-state index contributed by atoms with van der Waals surface area (Å²) < 4.78 is 23.0. The number of rotatable bonds is 6. The van der Waals surface area contributed by atoms with E-state index < -0.39 is 29.6 Å². The molecule has 1 N–H and O–H groups in total. The number of aromatic amines is 1. The van der Waals surface area contributed by atoms with Crippen molar-refractivity contribution < 1.29 is 28.2 Å². The molecule has 0 aliphatic carbocycles. The van der Waals surface area contributed by atoms with E-state index in [1.165, 1.54) is 32.2 Å². The number of Topliss-reactive ketones (excluding diaryl/α,β-unsaturated/α-hetero) is 1. The Morgan fingerprint density at radius 3 is 2.54 bits per heavy atom. The molecule has 0 radical (unpaired) electrons. The summed E-state index contributed by atoms with van der Waals surface area (Å²) in [5, 5.41) is 0. The van der Waals surface area contributed by atoms with Crippen molar-refractivity contribution in [3.05, 3.63) is 58.2 Å². The van der Waals surface area contributed by atoms with E-state index in [1.807, 2.05) is 0 Å². The van der Waals surface area contributed by atoms with E-state index in [1.54, 1.807) is 19.9 Å². The van der Waals surface area contributed by atoms with Crippen LogP contribution in [0.2, 0.25) is 0 Å². The van der Waals surface area contributed by atoms with E-state index in [-0.39, 0.29) is 17.7 Å². The van der Waals surface area contributed by atoms with Gasteiger partial charge in [0, 0.05) is 5.69 Å². The summed E-state index contributed by atoms with van der Waals surface area (Å²) in [5.74, 6) is -2.11. The molecule has 138 valence electrons. The lowest BCUT2D eigenvalue weighted by Crippen LogP contribution is -2.26. The monoisotopic (exact) mass is 361 g/mol. The zero-order valence-corrected chi connectivity index (χ0v) is 15.0. The summed E-state index contributed by atoms with van der Waals surface area (Å²) in [6, 6.07) is 5.59. The van der Waals surface area contributed by atoms with Crippen LogP contribution in [0, 0.1) is 19.7 Å². The first-order valence-corrected chi connectivity index (χ1v) is 8.00. The third-order valence-electron chi connectivity index (χ3n) is 3.99. The molecule has 0 saturated heterocycles. The summed E-state index contributed by atoms with van der Waals surface area (Å²) in [6.07, 6.45) is -1.20. The number of aromatic nitrogens is 1. The average Bonchev–Trinajstić information content (AvgIpc) is 2.87. The number of aryl methyl sites for hydroxylation is 1. The maximum Gasteiger partial charge on any atom is 0.339 e. The third kappa shape index (κ3) is 4.17. The molecule has 1 heterocycles. The van der Waals surface area contributed by atoms with Crippen LogP contribution in [-0.4, -0.2) is 35.9 Å². The molecule has 7 heteroatoms. The van der Waals surface area contributed by atoms with Crippen molar-refractivity contribution in [1.82, 2.24) is 4.98 Å². The predicted molar refractivity (Wildman–Crippen MR) is 91.6 cm³/mol. The molecule has 0 bridgehead atoms. The second-order valence-electron chi connectivity index (χ2n) is 5.92. The highest BCUT2D eigenvalue weighted by atomic mass is 19.1. The summed E-state index contributed by atoms with van der Waals surface area (Å²) in [7, 11) is 1.26. The maximum absolute atomic E-state index is 13.2. The normalized spacial score (nSPS) is 11.7.